The van der Waals surface area contributed by atoms with E-state index in [1.54, 1.807) is 24.3 Å². The quantitative estimate of drug-likeness (QED) is 0.682. The Morgan fingerprint density at radius 1 is 1.08 bits per heavy atom. The monoisotopic (exact) mass is 372 g/mol. The van der Waals surface area contributed by atoms with E-state index >= 15 is 0 Å². The fourth-order valence-electron chi connectivity index (χ4n) is 2.23. The maximum absolute atomic E-state index is 12.9. The van der Waals surface area contributed by atoms with E-state index in [1.807, 2.05) is 12.1 Å². The third-order valence-corrected chi connectivity index (χ3v) is 4.45. The molecule has 0 atom stereocenters. The van der Waals surface area contributed by atoms with E-state index in [9.17, 15) is 9.18 Å². The average Bonchev–Trinajstić information content (AvgIpc) is 3.10. The van der Waals surface area contributed by atoms with Crippen molar-refractivity contribution in [1.29, 1.82) is 0 Å². The minimum atomic E-state index is -0.501. The van der Waals surface area contributed by atoms with Crippen LogP contribution in [0.5, 0.6) is 0 Å². The summed E-state index contributed by atoms with van der Waals surface area (Å²) in [5.41, 5.74) is 2.69. The summed E-state index contributed by atoms with van der Waals surface area (Å²) in [6, 6.07) is 13.8. The summed E-state index contributed by atoms with van der Waals surface area (Å²) in [7, 11) is 1.32. The van der Waals surface area contributed by atoms with Crippen LogP contribution in [0.25, 0.3) is 0 Å². The molecule has 1 amide bonds. The molecule has 26 heavy (non-hydrogen) atoms. The molecule has 6 nitrogen and oxygen atoms in total. The fourth-order valence-corrected chi connectivity index (χ4v) is 3.00. The van der Waals surface area contributed by atoms with Crippen molar-refractivity contribution in [3.63, 3.8) is 0 Å². The number of benzene rings is 2. The lowest BCUT2D eigenvalue weighted by Gasteiger charge is -2.06. The lowest BCUT2D eigenvalue weighted by molar-refractivity contribution is 0.187. The van der Waals surface area contributed by atoms with E-state index in [-0.39, 0.29) is 5.82 Å². The number of nitrogens with zero attached hydrogens (tertiary/aromatic N) is 2. The summed E-state index contributed by atoms with van der Waals surface area (Å²) in [4.78, 5) is 11.1. The zero-order chi connectivity index (χ0) is 18.4. The van der Waals surface area contributed by atoms with Crippen molar-refractivity contribution in [3.05, 3.63) is 70.5 Å². The normalized spacial score (nSPS) is 10.4. The molecule has 0 radical (unpaired) electrons. The number of hydrogen-bond acceptors (Lipinski definition) is 6. The molecule has 2 aromatic carbocycles. The Kier molecular flexibility index (Phi) is 5.75. The number of amides is 1. The molecule has 1 aromatic heterocycles. The molecule has 0 saturated heterocycles. The summed E-state index contributed by atoms with van der Waals surface area (Å²) in [6.07, 6.45) is 0.117. The summed E-state index contributed by atoms with van der Waals surface area (Å²) in [5, 5.41) is 15.7. The van der Waals surface area contributed by atoms with E-state index in [0.717, 1.165) is 21.3 Å². The first-order valence-electron chi connectivity index (χ1n) is 7.87. The molecule has 1 heterocycles. The van der Waals surface area contributed by atoms with Crippen LogP contribution >= 0.6 is 11.3 Å². The van der Waals surface area contributed by atoms with E-state index in [2.05, 4.69) is 25.6 Å². The Hall–Kier alpha value is -3.00. The number of ether oxygens (including phenoxy) is 1. The third-order valence-electron chi connectivity index (χ3n) is 3.56. The van der Waals surface area contributed by atoms with Crippen molar-refractivity contribution in [2.75, 3.05) is 17.7 Å². The van der Waals surface area contributed by atoms with Crippen molar-refractivity contribution in [2.45, 2.75) is 13.0 Å². The highest BCUT2D eigenvalue weighted by atomic mass is 32.1. The molecule has 0 spiro atoms. The molecule has 134 valence electrons. The van der Waals surface area contributed by atoms with Gasteiger partial charge in [0, 0.05) is 18.7 Å². The Labute approximate surface area is 154 Å². The van der Waals surface area contributed by atoms with Crippen molar-refractivity contribution in [2.24, 2.45) is 0 Å². The van der Waals surface area contributed by atoms with Gasteiger partial charge in [-0.1, -0.05) is 35.6 Å². The van der Waals surface area contributed by atoms with Gasteiger partial charge in [0.25, 0.3) is 0 Å². The molecule has 0 aliphatic heterocycles. The van der Waals surface area contributed by atoms with Gasteiger partial charge in [-0.15, -0.1) is 10.2 Å². The smallest absolute Gasteiger partial charge is 0.411 e. The summed E-state index contributed by atoms with van der Waals surface area (Å²) < 4.78 is 17.5. The van der Waals surface area contributed by atoms with Gasteiger partial charge < -0.3 is 10.1 Å². The molecule has 2 N–H and O–H groups in total. The number of aromatic nitrogens is 2. The standard InChI is InChI=1S/C18H17FN4O2S/c1-25-18(24)21-15-8-4-13(5-9-15)11-20-17-23-22-16(26-17)10-12-2-6-14(19)7-3-12/h2-9H,10-11H2,1H3,(H,20,23)(H,21,24). The SMILES string of the molecule is COC(=O)Nc1ccc(CNc2nnc(Cc3ccc(F)cc3)s2)cc1. The maximum Gasteiger partial charge on any atom is 0.411 e. The molecule has 0 saturated carbocycles. The van der Waals surface area contributed by atoms with Crippen molar-refractivity contribution >= 4 is 28.2 Å². The number of carbonyl (C=O) groups is 1. The third kappa shape index (κ3) is 5.00. The van der Waals surface area contributed by atoms with Crippen molar-refractivity contribution in [3.8, 4) is 0 Å². The first-order chi connectivity index (χ1) is 12.6. The van der Waals surface area contributed by atoms with Crippen molar-refractivity contribution < 1.29 is 13.9 Å². The van der Waals surface area contributed by atoms with Gasteiger partial charge in [0.15, 0.2) is 0 Å². The number of hydrogen-bond donors (Lipinski definition) is 2. The lowest BCUT2D eigenvalue weighted by Crippen LogP contribution is -2.10. The van der Waals surface area contributed by atoms with Crippen molar-refractivity contribution in [1.82, 2.24) is 10.2 Å². The zero-order valence-electron chi connectivity index (χ0n) is 14.0. The van der Waals surface area contributed by atoms with Gasteiger partial charge in [-0.25, -0.2) is 9.18 Å². The molecule has 0 unspecified atom stereocenters. The van der Waals surface area contributed by atoms with Gasteiger partial charge in [-0.3, -0.25) is 5.32 Å². The van der Waals surface area contributed by atoms with Crippen LogP contribution < -0.4 is 10.6 Å². The molecule has 0 aliphatic carbocycles. The summed E-state index contributed by atoms with van der Waals surface area (Å²) in [5.74, 6) is -0.249. The van der Waals surface area contributed by atoms with Crippen LogP contribution in [0.15, 0.2) is 48.5 Å². The lowest BCUT2D eigenvalue weighted by atomic mass is 10.2. The second-order valence-corrected chi connectivity index (χ2v) is 6.53. The zero-order valence-corrected chi connectivity index (χ0v) is 14.8. The van der Waals surface area contributed by atoms with Gasteiger partial charge in [0.1, 0.15) is 10.8 Å². The van der Waals surface area contributed by atoms with Crippen LogP contribution in [0.4, 0.5) is 20.0 Å². The van der Waals surface area contributed by atoms with Crippen LogP contribution in [-0.2, 0) is 17.7 Å². The second kappa shape index (κ2) is 8.39. The molecular formula is C18H17FN4O2S. The number of methoxy groups -OCH3 is 1. The summed E-state index contributed by atoms with van der Waals surface area (Å²) >= 11 is 1.47. The predicted molar refractivity (Wildman–Crippen MR) is 98.9 cm³/mol. The Morgan fingerprint density at radius 2 is 1.77 bits per heavy atom. The average molecular weight is 372 g/mol. The van der Waals surface area contributed by atoms with Crippen LogP contribution in [0, 0.1) is 5.82 Å². The second-order valence-electron chi connectivity index (χ2n) is 5.47. The first kappa shape index (κ1) is 17.8. The largest absolute Gasteiger partial charge is 0.453 e. The Balaban J connectivity index is 1.53. The van der Waals surface area contributed by atoms with E-state index in [0.29, 0.717) is 18.7 Å². The molecular weight excluding hydrogens is 355 g/mol. The number of halogens is 1. The van der Waals surface area contributed by atoms with E-state index in [4.69, 9.17) is 0 Å². The van der Waals surface area contributed by atoms with E-state index < -0.39 is 6.09 Å². The molecule has 0 bridgehead atoms. The highest BCUT2D eigenvalue weighted by Crippen LogP contribution is 2.20. The Morgan fingerprint density at radius 3 is 2.46 bits per heavy atom. The molecule has 0 fully saturated rings. The number of anilines is 2. The number of rotatable bonds is 6. The highest BCUT2D eigenvalue weighted by Gasteiger charge is 2.06. The van der Waals surface area contributed by atoms with Gasteiger partial charge in [-0.2, -0.15) is 0 Å². The first-order valence-corrected chi connectivity index (χ1v) is 8.68. The van der Waals surface area contributed by atoms with E-state index in [1.165, 1.54) is 30.6 Å². The fraction of sp³-hybridized carbons (Fsp3) is 0.167. The van der Waals surface area contributed by atoms with Gasteiger partial charge >= 0.3 is 6.09 Å². The van der Waals surface area contributed by atoms with Gasteiger partial charge in [-0.05, 0) is 35.4 Å². The van der Waals surface area contributed by atoms with Gasteiger partial charge in [0.05, 0.1) is 7.11 Å². The van der Waals surface area contributed by atoms with Crippen LogP contribution in [-0.4, -0.2) is 23.4 Å². The molecule has 3 aromatic rings. The number of nitrogens with one attached hydrogen (secondary N) is 2. The molecule has 0 aliphatic rings. The van der Waals surface area contributed by atoms with Crippen LogP contribution in [0.3, 0.4) is 0 Å². The highest BCUT2D eigenvalue weighted by molar-refractivity contribution is 7.15. The van der Waals surface area contributed by atoms with Crippen LogP contribution in [0.2, 0.25) is 0 Å². The Bertz CT molecular complexity index is 866. The summed E-state index contributed by atoms with van der Waals surface area (Å²) in [6.45, 7) is 0.587. The molecule has 3 rings (SSSR count). The topological polar surface area (TPSA) is 76.1 Å². The van der Waals surface area contributed by atoms with Gasteiger partial charge in [0.2, 0.25) is 5.13 Å². The minimum absolute atomic E-state index is 0.249. The minimum Gasteiger partial charge on any atom is -0.453 e. The van der Waals surface area contributed by atoms with Crippen LogP contribution in [0.1, 0.15) is 16.1 Å². The predicted octanol–water partition coefficient (Wildman–Crippen LogP) is 4.06. The maximum atomic E-state index is 12.9. The number of carbonyl (C=O) groups excluding carboxylic acids is 1. The molecule has 8 heteroatoms.